The van der Waals surface area contributed by atoms with Crippen LogP contribution in [0.4, 0.5) is 0 Å². The largest absolute Gasteiger partial charge is 0.394 e. The molecule has 0 bridgehead atoms. The second-order valence-corrected chi connectivity index (χ2v) is 15.1. The third-order valence-electron chi connectivity index (χ3n) is 10.4. The summed E-state index contributed by atoms with van der Waals surface area (Å²) in [5, 5.41) is 125. The molecule has 0 aliphatic carbocycles. The predicted octanol–water partition coefficient (Wildman–Crippen LogP) is -11.0. The van der Waals surface area contributed by atoms with Crippen molar-refractivity contribution in [1.82, 2.24) is 21.3 Å². The number of aliphatic hydroxyl groups is 11. The fraction of sp³-hybridized carbons (Fsp3) is 0.853. The van der Waals surface area contributed by atoms with E-state index >= 15 is 0 Å². The molecule has 5 amide bonds. The van der Waals surface area contributed by atoms with Gasteiger partial charge in [-0.15, -0.1) is 0 Å². The molecule has 17 N–H and O–H groups in total. The topological polar surface area (TPSA) is 447 Å². The summed E-state index contributed by atoms with van der Waals surface area (Å²) in [6.45, 7) is -0.262. The minimum atomic E-state index is -2.06. The van der Waals surface area contributed by atoms with Crippen LogP contribution >= 0.6 is 0 Å². The Morgan fingerprint density at radius 3 is 1.55 bits per heavy atom. The quantitative estimate of drug-likeness (QED) is 0.0644. The van der Waals surface area contributed by atoms with Crippen molar-refractivity contribution in [2.75, 3.05) is 26.4 Å². The average Bonchev–Trinajstić information content (AvgIpc) is 3.20. The van der Waals surface area contributed by atoms with Gasteiger partial charge >= 0.3 is 0 Å². The first kappa shape index (κ1) is 51.3. The van der Waals surface area contributed by atoms with Crippen LogP contribution in [0, 0.1) is 0 Å². The lowest BCUT2D eigenvalue weighted by molar-refractivity contribution is -0.363. The molecule has 0 spiro atoms. The minimum absolute atomic E-state index is 0.679. The Bertz CT molecular complexity index is 1530. The standard InChI is InChI=1S/C34H57N5O23/c1-9(43)36-12(30(35)55)4-17(46)39-31-18(37-10(2)44)22(49)28(14(6-41)57-31)61-32-19(38-11(3)45)23(50)29(15(7-42)59-32)62-34-27(54)25(52)21(48)16(60-34)8-56-33-26(53)24(51)20(47)13(5-40)58-33/h12-16,18-29,31-34,40-42,47-54H,4-8H2,1-3H3,(H2,35,55)(H,36,43)(H,37,44)(H,38,45)(H,39,46). The van der Waals surface area contributed by atoms with E-state index in [1.54, 1.807) is 0 Å². The van der Waals surface area contributed by atoms with Crippen LogP contribution in [0.3, 0.4) is 0 Å². The van der Waals surface area contributed by atoms with Gasteiger partial charge < -0.3 is 116 Å². The highest BCUT2D eigenvalue weighted by atomic mass is 16.8. The van der Waals surface area contributed by atoms with Crippen molar-refractivity contribution in [1.29, 1.82) is 0 Å². The van der Waals surface area contributed by atoms with Gasteiger partial charge in [0, 0.05) is 20.8 Å². The molecule has 4 heterocycles. The summed E-state index contributed by atoms with van der Waals surface area (Å²) in [7, 11) is 0. The number of carbonyl (C=O) groups is 5. The van der Waals surface area contributed by atoms with Crippen LogP contribution in [-0.4, -0.2) is 241 Å². The number of rotatable bonds is 17. The molecule has 0 aromatic heterocycles. The molecule has 21 atom stereocenters. The first-order valence-electron chi connectivity index (χ1n) is 19.3. The lowest BCUT2D eigenvalue weighted by Crippen LogP contribution is -2.71. The van der Waals surface area contributed by atoms with E-state index in [4.69, 9.17) is 38.9 Å². The van der Waals surface area contributed by atoms with Gasteiger partial charge in [-0.05, 0) is 0 Å². The number of aliphatic hydroxyl groups excluding tert-OH is 11. The molecular weight excluding hydrogens is 846 g/mol. The molecule has 356 valence electrons. The first-order valence-corrected chi connectivity index (χ1v) is 19.3. The van der Waals surface area contributed by atoms with Gasteiger partial charge in [0.15, 0.2) is 25.1 Å². The van der Waals surface area contributed by atoms with E-state index < -0.39 is 191 Å². The lowest BCUT2D eigenvalue weighted by atomic mass is 9.93. The highest BCUT2D eigenvalue weighted by molar-refractivity contribution is 5.90. The van der Waals surface area contributed by atoms with Crippen molar-refractivity contribution >= 4 is 29.5 Å². The van der Waals surface area contributed by atoms with E-state index in [1.807, 2.05) is 0 Å². The molecule has 0 saturated carbocycles. The summed E-state index contributed by atoms with van der Waals surface area (Å²) in [6.07, 6.45) is -32.7. The summed E-state index contributed by atoms with van der Waals surface area (Å²) < 4.78 is 39.8. The summed E-state index contributed by atoms with van der Waals surface area (Å²) in [6, 6.07) is -4.69. The van der Waals surface area contributed by atoms with Gasteiger partial charge in [0.25, 0.3) is 0 Å². The molecule has 4 aliphatic rings. The van der Waals surface area contributed by atoms with Gasteiger partial charge in [-0.3, -0.25) is 24.0 Å². The fourth-order valence-corrected chi connectivity index (χ4v) is 7.27. The van der Waals surface area contributed by atoms with Crippen LogP contribution in [-0.2, 0) is 57.1 Å². The molecule has 28 heteroatoms. The molecule has 0 radical (unpaired) electrons. The number of nitrogens with one attached hydrogen (secondary N) is 4. The zero-order valence-corrected chi connectivity index (χ0v) is 33.6. The van der Waals surface area contributed by atoms with Gasteiger partial charge in [-0.1, -0.05) is 0 Å². The molecular formula is C34H57N5O23. The van der Waals surface area contributed by atoms with E-state index in [0.29, 0.717) is 0 Å². The monoisotopic (exact) mass is 903 g/mol. The Morgan fingerprint density at radius 1 is 0.548 bits per heavy atom. The van der Waals surface area contributed by atoms with E-state index in [-0.39, 0.29) is 0 Å². The van der Waals surface area contributed by atoms with Gasteiger partial charge in [0.05, 0.1) is 32.8 Å². The number of amides is 5. The molecule has 21 unspecified atom stereocenters. The molecule has 4 fully saturated rings. The molecule has 0 aromatic rings. The molecule has 0 aromatic carbocycles. The van der Waals surface area contributed by atoms with Crippen molar-refractivity contribution in [2.45, 2.75) is 156 Å². The van der Waals surface area contributed by atoms with Crippen LogP contribution in [0.25, 0.3) is 0 Å². The third kappa shape index (κ3) is 12.2. The summed E-state index contributed by atoms with van der Waals surface area (Å²) >= 11 is 0. The van der Waals surface area contributed by atoms with Crippen molar-refractivity contribution in [3.05, 3.63) is 0 Å². The van der Waals surface area contributed by atoms with Crippen molar-refractivity contribution < 1.29 is 113 Å². The van der Waals surface area contributed by atoms with Gasteiger partial charge in [0.2, 0.25) is 29.5 Å². The van der Waals surface area contributed by atoms with Crippen molar-refractivity contribution in [2.24, 2.45) is 5.73 Å². The van der Waals surface area contributed by atoms with Crippen molar-refractivity contribution in [3.63, 3.8) is 0 Å². The maximum absolute atomic E-state index is 12.9. The van der Waals surface area contributed by atoms with E-state index in [2.05, 4.69) is 21.3 Å². The Morgan fingerprint density at radius 2 is 1.02 bits per heavy atom. The Balaban J connectivity index is 1.52. The zero-order valence-electron chi connectivity index (χ0n) is 33.6. The predicted molar refractivity (Wildman–Crippen MR) is 194 cm³/mol. The van der Waals surface area contributed by atoms with Crippen LogP contribution in [0.5, 0.6) is 0 Å². The summed E-state index contributed by atoms with van der Waals surface area (Å²) in [5.41, 5.74) is 5.27. The highest BCUT2D eigenvalue weighted by Gasteiger charge is 2.55. The third-order valence-corrected chi connectivity index (χ3v) is 10.4. The number of ether oxygens (including phenoxy) is 7. The Kier molecular flexibility index (Phi) is 18.6. The van der Waals surface area contributed by atoms with Crippen LogP contribution < -0.4 is 27.0 Å². The molecule has 62 heavy (non-hydrogen) atoms. The maximum atomic E-state index is 12.9. The number of hydrogen-bond acceptors (Lipinski definition) is 23. The number of carbonyl (C=O) groups excluding carboxylic acids is 5. The second-order valence-electron chi connectivity index (χ2n) is 15.1. The Labute approximate surface area is 352 Å². The molecule has 4 saturated heterocycles. The Hall–Kier alpha value is -3.37. The summed E-state index contributed by atoms with van der Waals surface area (Å²) in [5.74, 6) is -4.23. The maximum Gasteiger partial charge on any atom is 0.240 e. The average molecular weight is 904 g/mol. The SMILES string of the molecule is CC(=O)NC(CC(=O)NC1OC(CO)C(OC2OC(CO)C(OC3OC(COC4OC(CO)C(O)C(O)C4O)C(O)C(O)C3O)C(O)C2NC(C)=O)C(O)C1NC(C)=O)C(N)=O. The number of primary amides is 1. The lowest BCUT2D eigenvalue weighted by Gasteiger charge is -2.50. The second kappa shape index (κ2) is 22.5. The van der Waals surface area contributed by atoms with Crippen LogP contribution in [0.15, 0.2) is 0 Å². The normalized spacial score (nSPS) is 41.6. The highest BCUT2D eigenvalue weighted by Crippen LogP contribution is 2.33. The summed E-state index contributed by atoms with van der Waals surface area (Å²) in [4.78, 5) is 60.9. The molecule has 4 aliphatic heterocycles. The number of nitrogens with two attached hydrogens (primary N) is 1. The van der Waals surface area contributed by atoms with Crippen LogP contribution in [0.1, 0.15) is 27.2 Å². The fourth-order valence-electron chi connectivity index (χ4n) is 7.27. The van der Waals surface area contributed by atoms with E-state index in [0.717, 1.165) is 20.8 Å². The van der Waals surface area contributed by atoms with E-state index in [9.17, 15) is 80.1 Å². The van der Waals surface area contributed by atoms with Gasteiger partial charge in [-0.25, -0.2) is 0 Å². The van der Waals surface area contributed by atoms with Crippen LogP contribution in [0.2, 0.25) is 0 Å². The molecule has 4 rings (SSSR count). The van der Waals surface area contributed by atoms with Crippen molar-refractivity contribution in [3.8, 4) is 0 Å². The minimum Gasteiger partial charge on any atom is -0.394 e. The number of hydrogen-bond donors (Lipinski definition) is 16. The van der Waals surface area contributed by atoms with Gasteiger partial charge in [-0.2, -0.15) is 0 Å². The smallest absolute Gasteiger partial charge is 0.240 e. The zero-order chi connectivity index (χ0) is 46.3. The van der Waals surface area contributed by atoms with Gasteiger partial charge in [0.1, 0.15) is 104 Å². The first-order chi connectivity index (χ1) is 29.1. The van der Waals surface area contributed by atoms with E-state index in [1.165, 1.54) is 0 Å². The molecule has 28 nitrogen and oxygen atoms in total.